The molecule has 19 heavy (non-hydrogen) atoms. The van der Waals surface area contributed by atoms with Crippen molar-refractivity contribution in [2.24, 2.45) is 7.05 Å². The van der Waals surface area contributed by atoms with Gasteiger partial charge in [0.1, 0.15) is 10.8 Å². The standard InChI is InChI=1S/C12H16Cl2N2O3/c1-16-9(6-8(13)10(16)14)11(18)15-12(7-17)2-4-19-5-3-12/h6,17H,2-5,7H2,1H3,(H,15,18). The summed E-state index contributed by atoms with van der Waals surface area (Å²) in [5, 5.41) is 13.1. The summed E-state index contributed by atoms with van der Waals surface area (Å²) in [6, 6.07) is 1.52. The number of carbonyl (C=O) groups is 1. The zero-order valence-corrected chi connectivity index (χ0v) is 12.1. The summed E-state index contributed by atoms with van der Waals surface area (Å²) >= 11 is 11.8. The maximum absolute atomic E-state index is 12.3. The number of rotatable bonds is 3. The Kier molecular flexibility index (Phi) is 4.40. The van der Waals surface area contributed by atoms with E-state index < -0.39 is 5.54 Å². The molecule has 1 aliphatic heterocycles. The van der Waals surface area contributed by atoms with Gasteiger partial charge < -0.3 is 19.7 Å². The van der Waals surface area contributed by atoms with Crippen molar-refractivity contribution in [2.45, 2.75) is 18.4 Å². The molecule has 1 aromatic heterocycles. The van der Waals surface area contributed by atoms with E-state index in [0.29, 0.717) is 41.9 Å². The number of carbonyl (C=O) groups excluding carboxylic acids is 1. The number of aliphatic hydroxyl groups excluding tert-OH is 1. The Balaban J connectivity index is 2.17. The number of hydrogen-bond donors (Lipinski definition) is 2. The van der Waals surface area contributed by atoms with Gasteiger partial charge in [-0.2, -0.15) is 0 Å². The first-order valence-corrected chi connectivity index (χ1v) is 6.76. The second-order valence-corrected chi connectivity index (χ2v) is 5.50. The SMILES string of the molecule is Cn1c(C(=O)NC2(CO)CCOCC2)cc(Cl)c1Cl. The van der Waals surface area contributed by atoms with Gasteiger partial charge >= 0.3 is 0 Å². The van der Waals surface area contributed by atoms with Crippen molar-refractivity contribution in [3.05, 3.63) is 21.9 Å². The van der Waals surface area contributed by atoms with Crippen molar-refractivity contribution in [3.63, 3.8) is 0 Å². The predicted octanol–water partition coefficient (Wildman–Crippen LogP) is 1.60. The van der Waals surface area contributed by atoms with Gasteiger partial charge in [-0.3, -0.25) is 4.79 Å². The van der Waals surface area contributed by atoms with Gasteiger partial charge in [0.2, 0.25) is 0 Å². The largest absolute Gasteiger partial charge is 0.394 e. The minimum absolute atomic E-state index is 0.117. The fourth-order valence-corrected chi connectivity index (χ4v) is 2.53. The lowest BCUT2D eigenvalue weighted by molar-refractivity contribution is 0.0124. The number of ether oxygens (including phenoxy) is 1. The highest BCUT2D eigenvalue weighted by atomic mass is 35.5. The Labute approximate surface area is 121 Å². The molecule has 0 saturated carbocycles. The molecular weight excluding hydrogens is 291 g/mol. The highest BCUT2D eigenvalue weighted by Crippen LogP contribution is 2.26. The van der Waals surface area contributed by atoms with Crippen LogP contribution in [0.3, 0.4) is 0 Å². The maximum atomic E-state index is 12.3. The van der Waals surface area contributed by atoms with E-state index in [2.05, 4.69) is 5.32 Å². The van der Waals surface area contributed by atoms with Crippen molar-refractivity contribution < 1.29 is 14.6 Å². The average Bonchev–Trinajstić information content (AvgIpc) is 2.67. The van der Waals surface area contributed by atoms with Crippen LogP contribution >= 0.6 is 23.2 Å². The van der Waals surface area contributed by atoms with Crippen LogP contribution in [0.15, 0.2) is 6.07 Å². The second kappa shape index (κ2) is 5.71. The molecule has 0 atom stereocenters. The zero-order valence-electron chi connectivity index (χ0n) is 10.6. The first-order valence-electron chi connectivity index (χ1n) is 6.01. The predicted molar refractivity (Wildman–Crippen MR) is 72.8 cm³/mol. The van der Waals surface area contributed by atoms with Crippen LogP contribution < -0.4 is 5.32 Å². The fourth-order valence-electron chi connectivity index (χ4n) is 2.15. The third-order valence-corrected chi connectivity index (χ3v) is 4.32. The van der Waals surface area contributed by atoms with Crippen molar-refractivity contribution in [1.82, 2.24) is 9.88 Å². The molecule has 1 amide bonds. The summed E-state index contributed by atoms with van der Waals surface area (Å²) in [5.74, 6) is -0.299. The van der Waals surface area contributed by atoms with Crippen LogP contribution in [0.2, 0.25) is 10.2 Å². The smallest absolute Gasteiger partial charge is 0.268 e. The Hall–Kier alpha value is -0.750. The van der Waals surface area contributed by atoms with Crippen molar-refractivity contribution in [1.29, 1.82) is 0 Å². The highest BCUT2D eigenvalue weighted by Gasteiger charge is 2.34. The number of amides is 1. The second-order valence-electron chi connectivity index (χ2n) is 4.73. The highest BCUT2D eigenvalue weighted by molar-refractivity contribution is 6.41. The first-order chi connectivity index (χ1) is 8.99. The molecule has 2 heterocycles. The van der Waals surface area contributed by atoms with Gasteiger partial charge in [0, 0.05) is 20.3 Å². The molecule has 2 rings (SSSR count). The number of aromatic nitrogens is 1. The summed E-state index contributed by atoms with van der Waals surface area (Å²) in [5.41, 5.74) is -0.257. The van der Waals surface area contributed by atoms with Crippen LogP contribution in [0.4, 0.5) is 0 Å². The Morgan fingerprint density at radius 1 is 1.53 bits per heavy atom. The Morgan fingerprint density at radius 2 is 2.16 bits per heavy atom. The van der Waals surface area contributed by atoms with Gasteiger partial charge in [-0.05, 0) is 18.9 Å². The number of nitrogens with zero attached hydrogens (tertiary/aromatic N) is 1. The van der Waals surface area contributed by atoms with Crippen molar-refractivity contribution in [2.75, 3.05) is 19.8 Å². The summed E-state index contributed by atoms with van der Waals surface area (Å²) < 4.78 is 6.77. The van der Waals surface area contributed by atoms with E-state index in [-0.39, 0.29) is 12.5 Å². The zero-order chi connectivity index (χ0) is 14.0. The molecule has 1 aromatic rings. The van der Waals surface area contributed by atoms with Crippen LogP contribution in [-0.4, -0.2) is 40.9 Å². The van der Waals surface area contributed by atoms with E-state index in [1.165, 1.54) is 10.6 Å². The number of hydrogen-bond acceptors (Lipinski definition) is 3. The third kappa shape index (κ3) is 2.89. The van der Waals surface area contributed by atoms with Gasteiger partial charge in [0.05, 0.1) is 17.2 Å². The van der Waals surface area contributed by atoms with Crippen LogP contribution in [0.1, 0.15) is 23.3 Å². The summed E-state index contributed by atoms with van der Waals surface area (Å²) in [6.07, 6.45) is 1.17. The van der Waals surface area contributed by atoms with Gasteiger partial charge in [0.25, 0.3) is 5.91 Å². The van der Waals surface area contributed by atoms with Crippen molar-refractivity contribution in [3.8, 4) is 0 Å². The number of nitrogens with one attached hydrogen (secondary N) is 1. The average molecular weight is 307 g/mol. The molecule has 2 N–H and O–H groups in total. The van der Waals surface area contributed by atoms with Crippen LogP contribution in [-0.2, 0) is 11.8 Å². The molecule has 0 unspecified atom stereocenters. The molecule has 7 heteroatoms. The third-order valence-electron chi connectivity index (χ3n) is 3.48. The van der Waals surface area contributed by atoms with E-state index in [9.17, 15) is 9.90 Å². The summed E-state index contributed by atoms with van der Waals surface area (Å²) in [7, 11) is 1.67. The van der Waals surface area contributed by atoms with E-state index >= 15 is 0 Å². The molecule has 1 saturated heterocycles. The van der Waals surface area contributed by atoms with Gasteiger partial charge in [-0.1, -0.05) is 23.2 Å². The topological polar surface area (TPSA) is 63.5 Å². The number of halogens is 2. The van der Waals surface area contributed by atoms with Crippen molar-refractivity contribution >= 4 is 29.1 Å². The lowest BCUT2D eigenvalue weighted by Crippen LogP contribution is -2.54. The normalized spacial score (nSPS) is 18.3. The van der Waals surface area contributed by atoms with Gasteiger partial charge in [-0.15, -0.1) is 0 Å². The minimum Gasteiger partial charge on any atom is -0.394 e. The lowest BCUT2D eigenvalue weighted by atomic mass is 9.91. The summed E-state index contributed by atoms with van der Waals surface area (Å²) in [4.78, 5) is 12.3. The molecule has 0 spiro atoms. The molecule has 106 valence electrons. The fraction of sp³-hybridized carbons (Fsp3) is 0.583. The monoisotopic (exact) mass is 306 g/mol. The molecule has 0 aliphatic carbocycles. The quantitative estimate of drug-likeness (QED) is 0.891. The van der Waals surface area contributed by atoms with Crippen LogP contribution in [0.25, 0.3) is 0 Å². The Morgan fingerprint density at radius 3 is 2.63 bits per heavy atom. The lowest BCUT2D eigenvalue weighted by Gasteiger charge is -2.36. The van der Waals surface area contributed by atoms with E-state index in [4.69, 9.17) is 27.9 Å². The van der Waals surface area contributed by atoms with Crippen LogP contribution in [0, 0.1) is 0 Å². The van der Waals surface area contributed by atoms with E-state index in [1.54, 1.807) is 7.05 Å². The molecule has 5 nitrogen and oxygen atoms in total. The van der Waals surface area contributed by atoms with E-state index in [0.717, 1.165) is 0 Å². The van der Waals surface area contributed by atoms with Gasteiger partial charge in [0.15, 0.2) is 0 Å². The molecule has 0 radical (unpaired) electrons. The number of aliphatic hydroxyl groups is 1. The first kappa shape index (κ1) is 14.7. The van der Waals surface area contributed by atoms with Crippen LogP contribution in [0.5, 0.6) is 0 Å². The molecule has 1 fully saturated rings. The molecule has 0 aromatic carbocycles. The minimum atomic E-state index is -0.626. The molecule has 1 aliphatic rings. The molecule has 0 bridgehead atoms. The van der Waals surface area contributed by atoms with E-state index in [1.807, 2.05) is 0 Å². The van der Waals surface area contributed by atoms with Gasteiger partial charge in [-0.25, -0.2) is 0 Å². The summed E-state index contributed by atoms with van der Waals surface area (Å²) in [6.45, 7) is 0.930. The maximum Gasteiger partial charge on any atom is 0.268 e. The molecular formula is C12H16Cl2N2O3. The Bertz CT molecular complexity index is 482.